The first-order valence-electron chi connectivity index (χ1n) is 8.86. The van der Waals surface area contributed by atoms with Gasteiger partial charge in [0, 0.05) is 24.0 Å². The molecule has 0 fully saturated rings. The summed E-state index contributed by atoms with van der Waals surface area (Å²) in [4.78, 5) is 38.2. The molecule has 0 aliphatic carbocycles. The van der Waals surface area contributed by atoms with E-state index in [-0.39, 0.29) is 36.7 Å². The molecule has 0 unspecified atom stereocenters. The van der Waals surface area contributed by atoms with Crippen molar-refractivity contribution in [3.8, 4) is 0 Å². The Kier molecular flexibility index (Phi) is 5.61. The largest absolute Gasteiger partial charge is 0.353 e. The van der Waals surface area contributed by atoms with E-state index in [1.54, 1.807) is 24.3 Å². The molecular weight excluding hydrogens is 364 g/mol. The third-order valence-electron chi connectivity index (χ3n) is 4.53. The van der Waals surface area contributed by atoms with E-state index in [0.29, 0.717) is 22.6 Å². The number of hydrogen-bond donors (Lipinski definition) is 1. The van der Waals surface area contributed by atoms with Crippen molar-refractivity contribution in [2.24, 2.45) is 0 Å². The summed E-state index contributed by atoms with van der Waals surface area (Å²) in [6.07, 6.45) is 0.725. The molecule has 0 bridgehead atoms. The Hall–Kier alpha value is -2.66. The maximum absolute atomic E-state index is 12.4. The van der Waals surface area contributed by atoms with Gasteiger partial charge in [0.15, 0.2) is 0 Å². The Morgan fingerprint density at radius 2 is 1.85 bits per heavy atom. The first-order chi connectivity index (χ1) is 12.8. The highest BCUT2D eigenvalue weighted by Gasteiger charge is 2.35. The van der Waals surface area contributed by atoms with Crippen LogP contribution in [-0.4, -0.2) is 35.2 Å². The van der Waals surface area contributed by atoms with Crippen LogP contribution in [0, 0.1) is 6.92 Å². The lowest BCUT2D eigenvalue weighted by Gasteiger charge is -2.17. The fourth-order valence-corrected chi connectivity index (χ4v) is 3.45. The third-order valence-corrected chi connectivity index (χ3v) is 4.76. The van der Waals surface area contributed by atoms with Crippen molar-refractivity contribution in [1.82, 2.24) is 10.2 Å². The lowest BCUT2D eigenvalue weighted by molar-refractivity contribution is -0.121. The van der Waals surface area contributed by atoms with Crippen LogP contribution in [0.2, 0.25) is 5.02 Å². The SMILES string of the molecule is Cc1ccc2c(c1)C(=O)N(CCC(=O)N[C@H](C)Cc1cccc(Cl)c1)C2=O. The number of halogens is 1. The van der Waals surface area contributed by atoms with E-state index in [1.807, 2.05) is 32.0 Å². The smallest absolute Gasteiger partial charge is 0.261 e. The van der Waals surface area contributed by atoms with E-state index in [1.165, 1.54) is 0 Å². The number of fused-ring (bicyclic) bond motifs is 1. The van der Waals surface area contributed by atoms with E-state index in [0.717, 1.165) is 16.0 Å². The van der Waals surface area contributed by atoms with Crippen LogP contribution in [0.1, 0.15) is 45.2 Å². The van der Waals surface area contributed by atoms with E-state index in [2.05, 4.69) is 5.32 Å². The van der Waals surface area contributed by atoms with Gasteiger partial charge < -0.3 is 5.32 Å². The van der Waals surface area contributed by atoms with Crippen LogP contribution in [0.4, 0.5) is 0 Å². The molecule has 0 aromatic heterocycles. The second-order valence-corrected chi connectivity index (χ2v) is 7.30. The Morgan fingerprint density at radius 1 is 1.11 bits per heavy atom. The first-order valence-corrected chi connectivity index (χ1v) is 9.23. The van der Waals surface area contributed by atoms with Gasteiger partial charge in [-0.1, -0.05) is 35.4 Å². The number of nitrogens with zero attached hydrogens (tertiary/aromatic N) is 1. The Morgan fingerprint density at radius 3 is 2.59 bits per heavy atom. The van der Waals surface area contributed by atoms with E-state index < -0.39 is 0 Å². The molecule has 1 heterocycles. The molecule has 2 aromatic carbocycles. The summed E-state index contributed by atoms with van der Waals surface area (Å²) in [7, 11) is 0. The van der Waals surface area contributed by atoms with Crippen molar-refractivity contribution in [1.29, 1.82) is 0 Å². The van der Waals surface area contributed by atoms with Crippen LogP contribution in [0.5, 0.6) is 0 Å². The maximum Gasteiger partial charge on any atom is 0.261 e. The van der Waals surface area contributed by atoms with Crippen LogP contribution < -0.4 is 5.32 Å². The van der Waals surface area contributed by atoms with Gasteiger partial charge >= 0.3 is 0 Å². The van der Waals surface area contributed by atoms with Gasteiger partial charge in [0.2, 0.25) is 5.91 Å². The molecule has 140 valence electrons. The van der Waals surface area contributed by atoms with Crippen molar-refractivity contribution in [3.05, 3.63) is 69.7 Å². The zero-order chi connectivity index (χ0) is 19.6. The lowest BCUT2D eigenvalue weighted by atomic mass is 10.1. The standard InChI is InChI=1S/C21H21ClN2O3/c1-13-6-7-17-18(10-13)21(27)24(20(17)26)9-8-19(25)23-14(2)11-15-4-3-5-16(22)12-15/h3-7,10,12,14H,8-9,11H2,1-2H3,(H,23,25)/t14-/m1/s1. The fourth-order valence-electron chi connectivity index (χ4n) is 3.24. The molecule has 0 radical (unpaired) electrons. The van der Waals surface area contributed by atoms with Crippen molar-refractivity contribution >= 4 is 29.3 Å². The highest BCUT2D eigenvalue weighted by atomic mass is 35.5. The fraction of sp³-hybridized carbons (Fsp3) is 0.286. The van der Waals surface area contributed by atoms with Crippen LogP contribution in [0.3, 0.4) is 0 Å². The molecule has 5 nitrogen and oxygen atoms in total. The number of benzene rings is 2. The van der Waals surface area contributed by atoms with Gasteiger partial charge in [-0.2, -0.15) is 0 Å². The van der Waals surface area contributed by atoms with Gasteiger partial charge in [0.05, 0.1) is 11.1 Å². The van der Waals surface area contributed by atoms with E-state index >= 15 is 0 Å². The predicted octanol–water partition coefficient (Wildman–Crippen LogP) is 3.38. The van der Waals surface area contributed by atoms with Gasteiger partial charge in [-0.15, -0.1) is 0 Å². The van der Waals surface area contributed by atoms with E-state index in [9.17, 15) is 14.4 Å². The second kappa shape index (κ2) is 7.92. The molecule has 2 aromatic rings. The highest BCUT2D eigenvalue weighted by molar-refractivity contribution is 6.30. The lowest BCUT2D eigenvalue weighted by Crippen LogP contribution is -2.38. The number of carbonyl (C=O) groups is 3. The Labute approximate surface area is 163 Å². The number of hydrogen-bond acceptors (Lipinski definition) is 3. The number of amides is 3. The topological polar surface area (TPSA) is 66.5 Å². The molecule has 0 saturated heterocycles. The minimum absolute atomic E-state index is 0.0705. The molecule has 1 aliphatic heterocycles. The summed E-state index contributed by atoms with van der Waals surface area (Å²) in [6, 6.07) is 12.6. The van der Waals surface area contributed by atoms with Crippen LogP contribution >= 0.6 is 11.6 Å². The Balaban J connectivity index is 1.53. The summed E-state index contributed by atoms with van der Waals surface area (Å²) in [5.41, 5.74) is 2.77. The molecule has 1 atom stereocenters. The van der Waals surface area contributed by atoms with Gasteiger partial charge in [-0.05, 0) is 50.1 Å². The van der Waals surface area contributed by atoms with Crippen LogP contribution in [0.15, 0.2) is 42.5 Å². The zero-order valence-corrected chi connectivity index (χ0v) is 16.0. The average molecular weight is 385 g/mol. The summed E-state index contributed by atoms with van der Waals surface area (Å²) < 4.78 is 0. The molecule has 6 heteroatoms. The normalized spacial score (nSPS) is 14.3. The summed E-state index contributed by atoms with van der Waals surface area (Å²) in [5, 5.41) is 3.56. The summed E-state index contributed by atoms with van der Waals surface area (Å²) in [6.45, 7) is 3.85. The molecule has 27 heavy (non-hydrogen) atoms. The van der Waals surface area contributed by atoms with Gasteiger partial charge in [0.1, 0.15) is 0 Å². The van der Waals surface area contributed by atoms with Crippen molar-refractivity contribution < 1.29 is 14.4 Å². The van der Waals surface area contributed by atoms with Crippen molar-refractivity contribution in [3.63, 3.8) is 0 Å². The quantitative estimate of drug-likeness (QED) is 0.776. The number of rotatable bonds is 6. The predicted molar refractivity (Wildman–Crippen MR) is 104 cm³/mol. The molecular formula is C21H21ClN2O3. The maximum atomic E-state index is 12.4. The number of imide groups is 1. The molecule has 3 rings (SSSR count). The third kappa shape index (κ3) is 4.37. The van der Waals surface area contributed by atoms with Crippen molar-refractivity contribution in [2.75, 3.05) is 6.54 Å². The van der Waals surface area contributed by atoms with Crippen LogP contribution in [0.25, 0.3) is 0 Å². The van der Waals surface area contributed by atoms with Crippen molar-refractivity contribution in [2.45, 2.75) is 32.7 Å². The minimum atomic E-state index is -0.338. The summed E-state index contributed by atoms with van der Waals surface area (Å²) in [5.74, 6) is -0.870. The Bertz CT molecular complexity index is 910. The average Bonchev–Trinajstić information content (AvgIpc) is 2.83. The van der Waals surface area contributed by atoms with E-state index in [4.69, 9.17) is 11.6 Å². The molecule has 1 aliphatic rings. The van der Waals surface area contributed by atoms with Gasteiger partial charge in [-0.25, -0.2) is 0 Å². The molecule has 1 N–H and O–H groups in total. The number of nitrogens with one attached hydrogen (secondary N) is 1. The van der Waals surface area contributed by atoms with Gasteiger partial charge in [0.25, 0.3) is 11.8 Å². The second-order valence-electron chi connectivity index (χ2n) is 6.86. The first kappa shape index (κ1) is 19.1. The van der Waals surface area contributed by atoms with Crippen LogP contribution in [-0.2, 0) is 11.2 Å². The number of carbonyl (C=O) groups excluding carboxylic acids is 3. The molecule has 3 amide bonds. The van der Waals surface area contributed by atoms with Gasteiger partial charge in [-0.3, -0.25) is 19.3 Å². The summed E-state index contributed by atoms with van der Waals surface area (Å²) >= 11 is 5.98. The minimum Gasteiger partial charge on any atom is -0.353 e. The molecule has 0 saturated carbocycles. The monoisotopic (exact) mass is 384 g/mol. The molecule has 0 spiro atoms. The zero-order valence-electron chi connectivity index (χ0n) is 15.3. The number of aryl methyl sites for hydroxylation is 1. The highest BCUT2D eigenvalue weighted by Crippen LogP contribution is 2.24.